The first-order chi connectivity index (χ1) is 8.58. The summed E-state index contributed by atoms with van der Waals surface area (Å²) in [7, 11) is 3.07. The van der Waals surface area contributed by atoms with Gasteiger partial charge in [-0.25, -0.2) is 4.39 Å². The van der Waals surface area contributed by atoms with Crippen molar-refractivity contribution < 1.29 is 13.9 Å². The van der Waals surface area contributed by atoms with Crippen molar-refractivity contribution in [3.63, 3.8) is 0 Å². The molecule has 0 amide bonds. The third-order valence-electron chi connectivity index (χ3n) is 3.63. The first-order valence-corrected chi connectivity index (χ1v) is 7.05. The summed E-state index contributed by atoms with van der Waals surface area (Å²) in [4.78, 5) is 0.0183. The largest absolute Gasteiger partial charge is 0.493 e. The molecular weight excluding hydrogens is 299 g/mol. The highest BCUT2D eigenvalue weighted by atomic mass is 79.9. The molecule has 0 radical (unpaired) electrons. The van der Waals surface area contributed by atoms with Crippen LogP contribution in [0.15, 0.2) is 12.1 Å². The molecule has 100 valence electrons. The molecule has 1 aromatic rings. The van der Waals surface area contributed by atoms with Gasteiger partial charge in [-0.1, -0.05) is 22.9 Å². The van der Waals surface area contributed by atoms with Crippen LogP contribution in [-0.4, -0.2) is 14.2 Å². The summed E-state index contributed by atoms with van der Waals surface area (Å²) in [5, 5.41) is 0. The number of ether oxygens (including phenoxy) is 2. The number of alkyl halides is 1. The molecule has 0 bridgehead atoms. The molecule has 18 heavy (non-hydrogen) atoms. The quantitative estimate of drug-likeness (QED) is 0.753. The van der Waals surface area contributed by atoms with E-state index in [1.807, 2.05) is 0 Å². The van der Waals surface area contributed by atoms with Crippen LogP contribution in [0.25, 0.3) is 0 Å². The lowest BCUT2D eigenvalue weighted by molar-refractivity contribution is 0.350. The molecule has 0 aliphatic heterocycles. The lowest BCUT2D eigenvalue weighted by atomic mass is 9.96. The minimum atomic E-state index is -0.248. The Labute approximate surface area is 116 Å². The van der Waals surface area contributed by atoms with Gasteiger partial charge in [0.15, 0.2) is 11.5 Å². The Morgan fingerprint density at radius 3 is 2.28 bits per heavy atom. The normalized spacial score (nSPS) is 18.3. The molecule has 2 unspecified atom stereocenters. The molecule has 0 saturated heterocycles. The van der Waals surface area contributed by atoms with Crippen LogP contribution in [0.1, 0.15) is 30.2 Å². The van der Waals surface area contributed by atoms with Crippen LogP contribution < -0.4 is 9.47 Å². The molecular formula is C14H18BrFO2. The van der Waals surface area contributed by atoms with E-state index in [0.717, 1.165) is 0 Å². The van der Waals surface area contributed by atoms with E-state index in [1.54, 1.807) is 13.2 Å². The van der Waals surface area contributed by atoms with E-state index in [9.17, 15) is 4.39 Å². The van der Waals surface area contributed by atoms with E-state index in [0.29, 0.717) is 28.9 Å². The van der Waals surface area contributed by atoms with Crippen molar-refractivity contribution in [3.05, 3.63) is 23.5 Å². The SMILES string of the molecule is COc1cc(F)c(C(Br)C(C)C2CC2)cc1OC. The molecule has 1 fully saturated rings. The van der Waals surface area contributed by atoms with Crippen LogP contribution in [0.3, 0.4) is 0 Å². The summed E-state index contributed by atoms with van der Waals surface area (Å²) >= 11 is 3.62. The van der Waals surface area contributed by atoms with E-state index in [1.165, 1.54) is 26.0 Å². The Bertz CT molecular complexity index is 432. The fourth-order valence-electron chi connectivity index (χ4n) is 2.23. The average Bonchev–Trinajstić information content (AvgIpc) is 3.20. The van der Waals surface area contributed by atoms with Gasteiger partial charge in [0, 0.05) is 16.5 Å². The Balaban J connectivity index is 2.31. The molecule has 0 aromatic heterocycles. The highest BCUT2D eigenvalue weighted by Crippen LogP contribution is 2.47. The van der Waals surface area contributed by atoms with E-state index in [4.69, 9.17) is 9.47 Å². The lowest BCUT2D eigenvalue weighted by Gasteiger charge is -2.20. The van der Waals surface area contributed by atoms with Gasteiger partial charge in [0.2, 0.25) is 0 Å². The minimum absolute atomic E-state index is 0.0183. The predicted molar refractivity (Wildman–Crippen MR) is 73.1 cm³/mol. The zero-order valence-corrected chi connectivity index (χ0v) is 12.5. The molecule has 2 rings (SSSR count). The highest BCUT2D eigenvalue weighted by Gasteiger charge is 2.34. The summed E-state index contributed by atoms with van der Waals surface area (Å²) < 4.78 is 24.4. The average molecular weight is 317 g/mol. The fourth-order valence-corrected chi connectivity index (χ4v) is 3.01. The van der Waals surface area contributed by atoms with Gasteiger partial charge >= 0.3 is 0 Å². The molecule has 0 N–H and O–H groups in total. The summed E-state index contributed by atoms with van der Waals surface area (Å²) in [5.74, 6) is 1.89. The number of hydrogen-bond donors (Lipinski definition) is 0. The molecule has 1 aliphatic rings. The molecule has 1 aliphatic carbocycles. The number of hydrogen-bond acceptors (Lipinski definition) is 2. The first-order valence-electron chi connectivity index (χ1n) is 6.14. The predicted octanol–water partition coefficient (Wildman–Crippen LogP) is 4.33. The van der Waals surface area contributed by atoms with Gasteiger partial charge in [0.05, 0.1) is 14.2 Å². The molecule has 2 atom stereocenters. The third kappa shape index (κ3) is 2.63. The summed E-state index contributed by atoms with van der Waals surface area (Å²) in [6.45, 7) is 2.16. The Morgan fingerprint density at radius 1 is 1.22 bits per heavy atom. The standard InChI is InChI=1S/C14H18BrFO2/c1-8(9-4-5-9)14(15)10-6-12(17-2)13(18-3)7-11(10)16/h6-9,14H,4-5H2,1-3H3. The summed E-state index contributed by atoms with van der Waals surface area (Å²) in [6, 6.07) is 3.12. The molecule has 0 heterocycles. The van der Waals surface area contributed by atoms with E-state index >= 15 is 0 Å². The van der Waals surface area contributed by atoms with Crippen LogP contribution in [0.2, 0.25) is 0 Å². The number of halogens is 2. The monoisotopic (exact) mass is 316 g/mol. The molecule has 0 spiro atoms. The second-order valence-corrected chi connectivity index (χ2v) is 5.81. The van der Waals surface area contributed by atoms with Crippen molar-refractivity contribution in [1.29, 1.82) is 0 Å². The van der Waals surface area contributed by atoms with Gasteiger partial charge in [0.25, 0.3) is 0 Å². The lowest BCUT2D eigenvalue weighted by Crippen LogP contribution is -2.08. The van der Waals surface area contributed by atoms with Crippen LogP contribution >= 0.6 is 15.9 Å². The topological polar surface area (TPSA) is 18.5 Å². The summed E-state index contributed by atoms with van der Waals surface area (Å²) in [6.07, 6.45) is 2.50. The van der Waals surface area contributed by atoms with Gasteiger partial charge in [-0.15, -0.1) is 0 Å². The van der Waals surface area contributed by atoms with Crippen LogP contribution in [0.5, 0.6) is 11.5 Å². The number of benzene rings is 1. The van der Waals surface area contributed by atoms with Crippen molar-refractivity contribution >= 4 is 15.9 Å². The second kappa shape index (κ2) is 5.47. The van der Waals surface area contributed by atoms with Gasteiger partial charge in [-0.3, -0.25) is 0 Å². The van der Waals surface area contributed by atoms with Crippen molar-refractivity contribution in [1.82, 2.24) is 0 Å². The minimum Gasteiger partial charge on any atom is -0.493 e. The Hall–Kier alpha value is -0.770. The van der Waals surface area contributed by atoms with Crippen LogP contribution in [-0.2, 0) is 0 Å². The van der Waals surface area contributed by atoms with Crippen LogP contribution in [0, 0.1) is 17.7 Å². The fraction of sp³-hybridized carbons (Fsp3) is 0.571. The third-order valence-corrected chi connectivity index (χ3v) is 4.95. The van der Waals surface area contributed by atoms with Crippen molar-refractivity contribution in [2.24, 2.45) is 11.8 Å². The Kier molecular flexibility index (Phi) is 4.15. The van der Waals surface area contributed by atoms with Crippen molar-refractivity contribution in [3.8, 4) is 11.5 Å². The molecule has 1 aromatic carbocycles. The maximum atomic E-state index is 14.1. The van der Waals surface area contributed by atoms with Gasteiger partial charge in [-0.2, -0.15) is 0 Å². The van der Waals surface area contributed by atoms with Crippen LogP contribution in [0.4, 0.5) is 4.39 Å². The second-order valence-electron chi connectivity index (χ2n) is 4.83. The summed E-state index contributed by atoms with van der Waals surface area (Å²) in [5.41, 5.74) is 0.645. The Morgan fingerprint density at radius 2 is 1.78 bits per heavy atom. The van der Waals surface area contributed by atoms with E-state index < -0.39 is 0 Å². The zero-order valence-electron chi connectivity index (χ0n) is 10.9. The smallest absolute Gasteiger partial charge is 0.163 e. The molecule has 4 heteroatoms. The van der Waals surface area contributed by atoms with Crippen molar-refractivity contribution in [2.45, 2.75) is 24.6 Å². The van der Waals surface area contributed by atoms with E-state index in [2.05, 4.69) is 22.9 Å². The van der Waals surface area contributed by atoms with Crippen molar-refractivity contribution in [2.75, 3.05) is 14.2 Å². The number of rotatable bonds is 5. The maximum absolute atomic E-state index is 14.1. The van der Waals surface area contributed by atoms with Gasteiger partial charge < -0.3 is 9.47 Å². The maximum Gasteiger partial charge on any atom is 0.163 e. The highest BCUT2D eigenvalue weighted by molar-refractivity contribution is 9.09. The van der Waals surface area contributed by atoms with E-state index in [-0.39, 0.29) is 10.6 Å². The van der Waals surface area contributed by atoms with Gasteiger partial charge in [-0.05, 0) is 30.7 Å². The molecule has 1 saturated carbocycles. The van der Waals surface area contributed by atoms with Gasteiger partial charge in [0.1, 0.15) is 5.82 Å². The zero-order chi connectivity index (χ0) is 13.3. The molecule has 2 nitrogen and oxygen atoms in total. The number of methoxy groups -OCH3 is 2. The first kappa shape index (κ1) is 13.7.